The molecule has 1 N–H and O–H groups in total. The first kappa shape index (κ1) is 12.0. The molecule has 0 spiro atoms. The molecule has 1 aliphatic carbocycles. The second kappa shape index (κ2) is 5.16. The highest BCUT2D eigenvalue weighted by atomic mass is 14.9. The highest BCUT2D eigenvalue weighted by Crippen LogP contribution is 2.43. The Labute approximate surface area is 89.7 Å². The number of nitrogens with one attached hydrogen (secondary N) is 1. The topological polar surface area (TPSA) is 12.0 Å². The van der Waals surface area contributed by atoms with E-state index in [2.05, 4.69) is 33.1 Å². The van der Waals surface area contributed by atoms with Gasteiger partial charge in [-0.15, -0.1) is 0 Å². The summed E-state index contributed by atoms with van der Waals surface area (Å²) < 4.78 is 0. The Kier molecular flexibility index (Phi) is 4.43. The van der Waals surface area contributed by atoms with Crippen LogP contribution in [0.3, 0.4) is 0 Å². The van der Waals surface area contributed by atoms with E-state index in [4.69, 9.17) is 0 Å². The third-order valence-electron chi connectivity index (χ3n) is 3.87. The Morgan fingerprint density at radius 3 is 2.71 bits per heavy atom. The Bertz CT molecular complexity index is 167. The van der Waals surface area contributed by atoms with Crippen molar-refractivity contribution in [3.8, 4) is 0 Å². The van der Waals surface area contributed by atoms with Gasteiger partial charge in [-0.05, 0) is 44.1 Å². The van der Waals surface area contributed by atoms with Crippen LogP contribution in [0.5, 0.6) is 0 Å². The smallest absolute Gasteiger partial charge is 0.00694 e. The van der Waals surface area contributed by atoms with Crippen molar-refractivity contribution in [3.63, 3.8) is 0 Å². The molecule has 0 radical (unpaired) electrons. The zero-order chi connectivity index (χ0) is 10.6. The van der Waals surface area contributed by atoms with Gasteiger partial charge in [0.25, 0.3) is 0 Å². The van der Waals surface area contributed by atoms with Gasteiger partial charge >= 0.3 is 0 Å². The van der Waals surface area contributed by atoms with Gasteiger partial charge in [-0.1, -0.05) is 33.6 Å². The minimum Gasteiger partial charge on any atom is -0.317 e. The molecule has 3 atom stereocenters. The third kappa shape index (κ3) is 3.27. The van der Waals surface area contributed by atoms with Crippen LogP contribution in [0.1, 0.15) is 59.3 Å². The molecule has 1 aliphatic rings. The first-order chi connectivity index (χ1) is 6.59. The maximum Gasteiger partial charge on any atom is 0.00694 e. The second-order valence-electron chi connectivity index (χ2n) is 5.64. The van der Waals surface area contributed by atoms with Gasteiger partial charge in [0.15, 0.2) is 0 Å². The van der Waals surface area contributed by atoms with Crippen LogP contribution in [0.15, 0.2) is 0 Å². The van der Waals surface area contributed by atoms with E-state index in [1.54, 1.807) is 0 Å². The molecule has 1 heteroatoms. The third-order valence-corrected chi connectivity index (χ3v) is 3.87. The summed E-state index contributed by atoms with van der Waals surface area (Å²) in [7, 11) is 2.10. The molecule has 0 heterocycles. The molecule has 0 aromatic carbocycles. The molecule has 0 bridgehead atoms. The van der Waals surface area contributed by atoms with Crippen molar-refractivity contribution in [2.45, 2.75) is 65.3 Å². The first-order valence-corrected chi connectivity index (χ1v) is 6.27. The molecule has 0 amide bonds. The summed E-state index contributed by atoms with van der Waals surface area (Å²) in [6, 6.07) is 0.786. The van der Waals surface area contributed by atoms with Crippen LogP contribution in [-0.4, -0.2) is 13.1 Å². The lowest BCUT2D eigenvalue weighted by molar-refractivity contribution is 0.242. The van der Waals surface area contributed by atoms with Crippen molar-refractivity contribution >= 4 is 0 Å². The van der Waals surface area contributed by atoms with Crippen LogP contribution in [-0.2, 0) is 0 Å². The van der Waals surface area contributed by atoms with Crippen LogP contribution in [0, 0.1) is 11.3 Å². The van der Waals surface area contributed by atoms with Gasteiger partial charge in [0.1, 0.15) is 0 Å². The molecule has 1 rings (SSSR count). The van der Waals surface area contributed by atoms with Gasteiger partial charge in [0.05, 0.1) is 0 Å². The van der Waals surface area contributed by atoms with E-state index in [0.29, 0.717) is 5.41 Å². The van der Waals surface area contributed by atoms with Crippen molar-refractivity contribution in [3.05, 3.63) is 0 Å². The molecular formula is C13H27N. The van der Waals surface area contributed by atoms with Crippen molar-refractivity contribution in [2.24, 2.45) is 11.3 Å². The largest absolute Gasteiger partial charge is 0.317 e. The minimum absolute atomic E-state index is 0.627. The summed E-state index contributed by atoms with van der Waals surface area (Å²) in [5.74, 6) is 0.917. The van der Waals surface area contributed by atoms with E-state index < -0.39 is 0 Å². The molecule has 1 nitrogen and oxygen atoms in total. The summed E-state index contributed by atoms with van der Waals surface area (Å²) >= 11 is 0. The zero-order valence-corrected chi connectivity index (χ0v) is 10.4. The standard InChI is InChI=1S/C13H27N/c1-5-6-11(2)9-13(3)8-7-12(10-13)14-4/h11-12,14H,5-10H2,1-4H3. The molecule has 1 fully saturated rings. The molecule has 14 heavy (non-hydrogen) atoms. The van der Waals surface area contributed by atoms with Crippen molar-refractivity contribution in [2.75, 3.05) is 7.05 Å². The summed E-state index contributed by atoms with van der Waals surface area (Å²) in [4.78, 5) is 0. The zero-order valence-electron chi connectivity index (χ0n) is 10.4. The average Bonchev–Trinajstić information content (AvgIpc) is 2.47. The van der Waals surface area contributed by atoms with E-state index in [1.165, 1.54) is 38.5 Å². The molecule has 0 aromatic rings. The van der Waals surface area contributed by atoms with Crippen LogP contribution in [0.4, 0.5) is 0 Å². The number of hydrogen-bond acceptors (Lipinski definition) is 1. The average molecular weight is 197 g/mol. The maximum absolute atomic E-state index is 3.42. The Hall–Kier alpha value is -0.0400. The molecule has 0 aliphatic heterocycles. The fraction of sp³-hybridized carbons (Fsp3) is 1.00. The van der Waals surface area contributed by atoms with Crippen LogP contribution in [0.25, 0.3) is 0 Å². The van der Waals surface area contributed by atoms with E-state index in [-0.39, 0.29) is 0 Å². The maximum atomic E-state index is 3.42. The molecule has 0 saturated heterocycles. The SMILES string of the molecule is CCCC(C)CC1(C)CCC(NC)C1. The van der Waals surface area contributed by atoms with Crippen LogP contribution < -0.4 is 5.32 Å². The lowest BCUT2D eigenvalue weighted by atomic mass is 9.79. The summed E-state index contributed by atoms with van der Waals surface area (Å²) in [6.45, 7) is 7.20. The van der Waals surface area contributed by atoms with Gasteiger partial charge in [0, 0.05) is 6.04 Å². The van der Waals surface area contributed by atoms with E-state index in [1.807, 2.05) is 0 Å². The highest BCUT2D eigenvalue weighted by Gasteiger charge is 2.34. The van der Waals surface area contributed by atoms with Crippen molar-refractivity contribution < 1.29 is 0 Å². The van der Waals surface area contributed by atoms with Crippen molar-refractivity contribution in [1.82, 2.24) is 5.32 Å². The summed E-state index contributed by atoms with van der Waals surface area (Å²) in [6.07, 6.45) is 8.36. The lowest BCUT2D eigenvalue weighted by Gasteiger charge is -2.27. The van der Waals surface area contributed by atoms with E-state index in [0.717, 1.165) is 12.0 Å². The van der Waals surface area contributed by atoms with Gasteiger partial charge in [-0.25, -0.2) is 0 Å². The highest BCUT2D eigenvalue weighted by molar-refractivity contribution is 4.89. The monoisotopic (exact) mass is 197 g/mol. The van der Waals surface area contributed by atoms with Crippen LogP contribution in [0.2, 0.25) is 0 Å². The number of rotatable bonds is 5. The Morgan fingerprint density at radius 1 is 1.50 bits per heavy atom. The predicted molar refractivity (Wildman–Crippen MR) is 63.5 cm³/mol. The lowest BCUT2D eigenvalue weighted by Crippen LogP contribution is -2.24. The van der Waals surface area contributed by atoms with Gasteiger partial charge in [-0.3, -0.25) is 0 Å². The quantitative estimate of drug-likeness (QED) is 0.710. The Balaban J connectivity index is 2.35. The van der Waals surface area contributed by atoms with Crippen LogP contribution >= 0.6 is 0 Å². The second-order valence-corrected chi connectivity index (χ2v) is 5.64. The summed E-state index contributed by atoms with van der Waals surface area (Å²) in [5.41, 5.74) is 0.627. The van der Waals surface area contributed by atoms with E-state index in [9.17, 15) is 0 Å². The van der Waals surface area contributed by atoms with Gasteiger partial charge in [-0.2, -0.15) is 0 Å². The molecular weight excluding hydrogens is 170 g/mol. The van der Waals surface area contributed by atoms with Gasteiger partial charge < -0.3 is 5.32 Å². The normalized spacial score (nSPS) is 34.7. The fourth-order valence-corrected chi connectivity index (χ4v) is 3.19. The van der Waals surface area contributed by atoms with E-state index >= 15 is 0 Å². The molecule has 3 unspecified atom stereocenters. The fourth-order valence-electron chi connectivity index (χ4n) is 3.19. The molecule has 0 aromatic heterocycles. The predicted octanol–water partition coefficient (Wildman–Crippen LogP) is 3.59. The molecule has 84 valence electrons. The Morgan fingerprint density at radius 2 is 2.21 bits per heavy atom. The van der Waals surface area contributed by atoms with Gasteiger partial charge in [0.2, 0.25) is 0 Å². The molecule has 1 saturated carbocycles. The minimum atomic E-state index is 0.627. The van der Waals surface area contributed by atoms with Crippen molar-refractivity contribution in [1.29, 1.82) is 0 Å². The number of hydrogen-bond donors (Lipinski definition) is 1. The summed E-state index contributed by atoms with van der Waals surface area (Å²) in [5, 5.41) is 3.42. The first-order valence-electron chi connectivity index (χ1n) is 6.27.